The first-order chi connectivity index (χ1) is 12.6. The van der Waals surface area contributed by atoms with Crippen LogP contribution in [0.25, 0.3) is 10.2 Å². The molecule has 0 saturated carbocycles. The Hall–Kier alpha value is -2.32. The summed E-state index contributed by atoms with van der Waals surface area (Å²) in [6, 6.07) is 7.55. The van der Waals surface area contributed by atoms with Crippen LogP contribution in [-0.4, -0.2) is 57.3 Å². The fourth-order valence-corrected chi connectivity index (χ4v) is 4.75. The second-order valence-corrected chi connectivity index (χ2v) is 7.61. The number of thiazole rings is 1. The van der Waals surface area contributed by atoms with Gasteiger partial charge in [0.25, 0.3) is 0 Å². The number of piperidine rings is 1. The highest BCUT2D eigenvalue weighted by Crippen LogP contribution is 2.36. The van der Waals surface area contributed by atoms with Crippen LogP contribution in [0.1, 0.15) is 37.2 Å². The summed E-state index contributed by atoms with van der Waals surface area (Å²) in [4.78, 5) is 45.5. The summed E-state index contributed by atoms with van der Waals surface area (Å²) in [5.41, 5.74) is 0.971. The van der Waals surface area contributed by atoms with Gasteiger partial charge in [0.15, 0.2) is 0 Å². The van der Waals surface area contributed by atoms with Crippen molar-refractivity contribution in [3.63, 3.8) is 0 Å². The average Bonchev–Trinajstić information content (AvgIpc) is 3.17. The van der Waals surface area contributed by atoms with E-state index in [1.165, 1.54) is 0 Å². The Morgan fingerprint density at radius 2 is 1.88 bits per heavy atom. The van der Waals surface area contributed by atoms with E-state index >= 15 is 0 Å². The maximum atomic E-state index is 12.4. The molecule has 2 aliphatic rings. The molecule has 1 aromatic carbocycles. The van der Waals surface area contributed by atoms with Crippen LogP contribution in [0.4, 0.5) is 4.79 Å². The summed E-state index contributed by atoms with van der Waals surface area (Å²) in [5, 5.41) is 1.00. The largest absolute Gasteiger partial charge is 0.335 e. The number of likely N-dealkylation sites (tertiary alicyclic amines) is 1. The number of carbonyl (C=O) groups excluding carboxylic acids is 3. The molecule has 3 heterocycles. The summed E-state index contributed by atoms with van der Waals surface area (Å²) >= 11 is 1.65. The van der Waals surface area contributed by atoms with Crippen LogP contribution in [-0.2, 0) is 9.59 Å². The van der Waals surface area contributed by atoms with Gasteiger partial charge >= 0.3 is 17.8 Å². The molecule has 26 heavy (non-hydrogen) atoms. The van der Waals surface area contributed by atoms with E-state index in [4.69, 9.17) is 4.98 Å². The standard InChI is InChI=1S/C18H20N4O3S/c1-2-21-16(23)17(24)22(18(21)25)11-20-10-6-5-8-13(20)15-19-12-7-3-4-9-14(12)26-15/h3-4,7,9,13H,2,5-6,8,10-11H2,1H3/t13-/m1/s1. The van der Waals surface area contributed by atoms with E-state index in [2.05, 4.69) is 11.0 Å². The SMILES string of the molecule is CCN1C(=O)C(=O)N(CN2CCCC[C@@H]2c2nc3ccccc3s2)C1=O. The van der Waals surface area contributed by atoms with Gasteiger partial charge in [-0.2, -0.15) is 0 Å². The third-order valence-electron chi connectivity index (χ3n) is 4.98. The van der Waals surface area contributed by atoms with Crippen molar-refractivity contribution in [3.05, 3.63) is 29.3 Å². The van der Waals surface area contributed by atoms with Crippen LogP contribution in [0.5, 0.6) is 0 Å². The number of hydrogen-bond acceptors (Lipinski definition) is 6. The summed E-state index contributed by atoms with van der Waals surface area (Å²) in [7, 11) is 0. The Bertz CT molecular complexity index is 847. The minimum Gasteiger partial charge on any atom is -0.276 e. The molecule has 2 aromatic rings. The fraction of sp³-hybridized carbons (Fsp3) is 0.444. The van der Waals surface area contributed by atoms with Crippen molar-refractivity contribution in [2.45, 2.75) is 32.2 Å². The molecule has 7 nitrogen and oxygen atoms in total. The molecule has 1 atom stereocenters. The summed E-state index contributed by atoms with van der Waals surface area (Å²) in [5.74, 6) is -1.46. The summed E-state index contributed by atoms with van der Waals surface area (Å²) < 4.78 is 1.13. The van der Waals surface area contributed by atoms with Crippen molar-refractivity contribution in [1.29, 1.82) is 0 Å². The highest BCUT2D eigenvalue weighted by Gasteiger charge is 2.45. The molecule has 136 valence electrons. The smallest absolute Gasteiger partial charge is 0.276 e. The molecule has 0 radical (unpaired) electrons. The van der Waals surface area contributed by atoms with Crippen LogP contribution < -0.4 is 0 Å². The monoisotopic (exact) mass is 372 g/mol. The predicted molar refractivity (Wildman–Crippen MR) is 97.4 cm³/mol. The van der Waals surface area contributed by atoms with Gasteiger partial charge < -0.3 is 0 Å². The number of benzene rings is 1. The number of nitrogens with zero attached hydrogens (tertiary/aromatic N) is 4. The van der Waals surface area contributed by atoms with Gasteiger partial charge in [-0.3, -0.25) is 19.4 Å². The second kappa shape index (κ2) is 6.77. The van der Waals surface area contributed by atoms with E-state index in [-0.39, 0.29) is 19.3 Å². The molecule has 2 aliphatic heterocycles. The van der Waals surface area contributed by atoms with Crippen molar-refractivity contribution < 1.29 is 14.4 Å². The van der Waals surface area contributed by atoms with Gasteiger partial charge in [0.05, 0.1) is 22.9 Å². The number of imide groups is 2. The van der Waals surface area contributed by atoms with Gasteiger partial charge in [-0.15, -0.1) is 11.3 Å². The highest BCUT2D eigenvalue weighted by atomic mass is 32.1. The number of amides is 4. The van der Waals surface area contributed by atoms with E-state index in [1.54, 1.807) is 18.3 Å². The Kier molecular flexibility index (Phi) is 4.46. The lowest BCUT2D eigenvalue weighted by Gasteiger charge is -2.36. The van der Waals surface area contributed by atoms with Crippen molar-refractivity contribution in [2.75, 3.05) is 19.8 Å². The van der Waals surface area contributed by atoms with Gasteiger partial charge in [0, 0.05) is 13.1 Å². The first-order valence-electron chi connectivity index (χ1n) is 8.87. The van der Waals surface area contributed by atoms with Crippen LogP contribution in [0.2, 0.25) is 0 Å². The number of aromatic nitrogens is 1. The van der Waals surface area contributed by atoms with Crippen LogP contribution >= 0.6 is 11.3 Å². The molecule has 1 aromatic heterocycles. The quantitative estimate of drug-likeness (QED) is 0.609. The van der Waals surface area contributed by atoms with Crippen LogP contribution in [0.15, 0.2) is 24.3 Å². The lowest BCUT2D eigenvalue weighted by atomic mass is 10.0. The van der Waals surface area contributed by atoms with Crippen molar-refractivity contribution in [1.82, 2.24) is 19.7 Å². The third-order valence-corrected chi connectivity index (χ3v) is 6.12. The third kappa shape index (κ3) is 2.79. The van der Waals surface area contributed by atoms with Gasteiger partial charge in [-0.1, -0.05) is 18.6 Å². The fourth-order valence-electron chi connectivity index (χ4n) is 3.61. The second-order valence-electron chi connectivity index (χ2n) is 6.55. The van der Waals surface area contributed by atoms with E-state index < -0.39 is 17.8 Å². The molecule has 0 unspecified atom stereocenters. The Balaban J connectivity index is 1.59. The highest BCUT2D eigenvalue weighted by molar-refractivity contribution is 7.18. The first-order valence-corrected chi connectivity index (χ1v) is 9.68. The van der Waals surface area contributed by atoms with Crippen molar-refractivity contribution in [3.8, 4) is 0 Å². The van der Waals surface area contributed by atoms with Gasteiger partial charge in [-0.25, -0.2) is 14.7 Å². The van der Waals surface area contributed by atoms with E-state index in [9.17, 15) is 14.4 Å². The van der Waals surface area contributed by atoms with E-state index in [0.717, 1.165) is 50.8 Å². The molecule has 8 heteroatoms. The predicted octanol–water partition coefficient (Wildman–Crippen LogP) is 2.59. The number of para-hydroxylation sites is 1. The van der Waals surface area contributed by atoms with Crippen molar-refractivity contribution >= 4 is 39.4 Å². The number of fused-ring (bicyclic) bond motifs is 1. The minimum atomic E-state index is -0.731. The number of hydrogen-bond donors (Lipinski definition) is 0. The summed E-state index contributed by atoms with van der Waals surface area (Å²) in [6.45, 7) is 2.82. The zero-order chi connectivity index (χ0) is 18.3. The molecule has 4 amide bonds. The molecule has 0 bridgehead atoms. The molecule has 2 saturated heterocycles. The van der Waals surface area contributed by atoms with E-state index in [0.29, 0.717) is 0 Å². The lowest BCUT2D eigenvalue weighted by Crippen LogP contribution is -2.45. The molecule has 2 fully saturated rings. The lowest BCUT2D eigenvalue weighted by molar-refractivity contribution is -0.144. The molecular formula is C18H20N4O3S. The van der Waals surface area contributed by atoms with E-state index in [1.807, 2.05) is 18.2 Å². The maximum absolute atomic E-state index is 12.4. The normalized spacial score (nSPS) is 22.0. The number of rotatable bonds is 4. The van der Waals surface area contributed by atoms with Gasteiger partial charge in [-0.05, 0) is 31.9 Å². The topological polar surface area (TPSA) is 73.8 Å². The van der Waals surface area contributed by atoms with Crippen LogP contribution in [0, 0.1) is 0 Å². The molecule has 0 spiro atoms. The minimum absolute atomic E-state index is 0.0625. The average molecular weight is 372 g/mol. The summed E-state index contributed by atoms with van der Waals surface area (Å²) in [6.07, 6.45) is 3.02. The van der Waals surface area contributed by atoms with Crippen LogP contribution in [0.3, 0.4) is 0 Å². The maximum Gasteiger partial charge on any atom is 0.335 e. The zero-order valence-electron chi connectivity index (χ0n) is 14.6. The molecule has 0 N–H and O–H groups in total. The molecule has 0 aliphatic carbocycles. The number of likely N-dealkylation sites (N-methyl/N-ethyl adjacent to an activating group) is 1. The Morgan fingerprint density at radius 3 is 2.62 bits per heavy atom. The number of urea groups is 1. The molecular weight excluding hydrogens is 352 g/mol. The van der Waals surface area contributed by atoms with Crippen molar-refractivity contribution in [2.24, 2.45) is 0 Å². The Morgan fingerprint density at radius 1 is 1.12 bits per heavy atom. The van der Waals surface area contributed by atoms with Gasteiger partial charge in [0.1, 0.15) is 5.01 Å². The van der Waals surface area contributed by atoms with Gasteiger partial charge in [0.2, 0.25) is 0 Å². The first kappa shape index (κ1) is 17.1. The molecule has 4 rings (SSSR count). The Labute approximate surface area is 155 Å². The zero-order valence-corrected chi connectivity index (χ0v) is 15.4. The number of carbonyl (C=O) groups is 3.